The monoisotopic (exact) mass is 265 g/mol. The fourth-order valence-electron chi connectivity index (χ4n) is 1.71. The lowest BCUT2D eigenvalue weighted by Crippen LogP contribution is -2.08. The molecule has 9 heteroatoms. The molecule has 0 amide bonds. The highest BCUT2D eigenvalue weighted by Gasteiger charge is 2.25. The molecule has 2 aromatic heterocycles. The molecule has 9 nitrogen and oxygen atoms in total. The molecule has 0 saturated heterocycles. The van der Waals surface area contributed by atoms with E-state index in [-0.39, 0.29) is 6.54 Å². The molecule has 2 heterocycles. The standard InChI is InChI=1S/C10H11N5O4/c1-2-13-6-11-3-7(13)4-14-5-8(15(18)19)9(12-14)10(16)17/h3,5-6H,2,4H2,1H3,(H,16,17). The van der Waals surface area contributed by atoms with Gasteiger partial charge in [-0.2, -0.15) is 5.10 Å². The molecule has 0 spiro atoms. The summed E-state index contributed by atoms with van der Waals surface area (Å²) in [5.74, 6) is -1.42. The molecular weight excluding hydrogens is 254 g/mol. The second-order valence-corrected chi connectivity index (χ2v) is 3.79. The van der Waals surface area contributed by atoms with E-state index in [9.17, 15) is 14.9 Å². The summed E-state index contributed by atoms with van der Waals surface area (Å²) in [6.07, 6.45) is 4.35. The van der Waals surface area contributed by atoms with E-state index in [1.165, 1.54) is 4.68 Å². The van der Waals surface area contributed by atoms with Gasteiger partial charge in [-0.05, 0) is 6.92 Å². The number of nitrogens with zero attached hydrogens (tertiary/aromatic N) is 5. The lowest BCUT2D eigenvalue weighted by molar-refractivity contribution is -0.385. The third kappa shape index (κ3) is 2.44. The van der Waals surface area contributed by atoms with Crippen molar-refractivity contribution in [2.45, 2.75) is 20.0 Å². The van der Waals surface area contributed by atoms with Crippen molar-refractivity contribution in [1.82, 2.24) is 19.3 Å². The van der Waals surface area contributed by atoms with Crippen LogP contribution in [0.5, 0.6) is 0 Å². The minimum Gasteiger partial charge on any atom is -0.476 e. The van der Waals surface area contributed by atoms with Gasteiger partial charge in [-0.25, -0.2) is 9.78 Å². The average Bonchev–Trinajstić information content (AvgIpc) is 2.95. The van der Waals surface area contributed by atoms with Crippen LogP contribution in [0.4, 0.5) is 5.69 Å². The van der Waals surface area contributed by atoms with Gasteiger partial charge in [0.25, 0.3) is 0 Å². The number of nitro groups is 1. The first-order valence-corrected chi connectivity index (χ1v) is 5.47. The molecule has 2 rings (SSSR count). The van der Waals surface area contributed by atoms with Gasteiger partial charge in [-0.15, -0.1) is 0 Å². The Kier molecular flexibility index (Phi) is 3.27. The molecule has 0 aliphatic rings. The second kappa shape index (κ2) is 4.88. The van der Waals surface area contributed by atoms with Crippen molar-refractivity contribution in [3.8, 4) is 0 Å². The number of aryl methyl sites for hydroxylation is 1. The molecule has 0 atom stereocenters. The van der Waals surface area contributed by atoms with Gasteiger partial charge in [-0.3, -0.25) is 14.8 Å². The number of carboxylic acid groups (broad SMARTS) is 1. The molecule has 0 radical (unpaired) electrons. The van der Waals surface area contributed by atoms with Crippen molar-refractivity contribution >= 4 is 11.7 Å². The van der Waals surface area contributed by atoms with E-state index in [2.05, 4.69) is 10.1 Å². The Balaban J connectivity index is 2.34. The second-order valence-electron chi connectivity index (χ2n) is 3.79. The van der Waals surface area contributed by atoms with Crippen molar-refractivity contribution in [3.05, 3.63) is 40.2 Å². The molecule has 100 valence electrons. The highest BCUT2D eigenvalue weighted by atomic mass is 16.6. The van der Waals surface area contributed by atoms with Crippen molar-refractivity contribution < 1.29 is 14.8 Å². The SMILES string of the molecule is CCn1cncc1Cn1cc([N+](=O)[O-])c(C(=O)O)n1. The van der Waals surface area contributed by atoms with Gasteiger partial charge in [0, 0.05) is 6.54 Å². The fraction of sp³-hybridized carbons (Fsp3) is 0.300. The molecule has 0 aliphatic heterocycles. The fourth-order valence-corrected chi connectivity index (χ4v) is 1.71. The van der Waals surface area contributed by atoms with Gasteiger partial charge in [-0.1, -0.05) is 0 Å². The van der Waals surface area contributed by atoms with E-state index in [1.807, 2.05) is 11.5 Å². The van der Waals surface area contributed by atoms with Crippen LogP contribution in [0.15, 0.2) is 18.7 Å². The maximum atomic E-state index is 10.9. The normalized spacial score (nSPS) is 10.6. The van der Waals surface area contributed by atoms with Gasteiger partial charge in [0.15, 0.2) is 0 Å². The average molecular weight is 265 g/mol. The van der Waals surface area contributed by atoms with E-state index in [0.29, 0.717) is 6.54 Å². The number of imidazole rings is 1. The number of aromatic carboxylic acids is 1. The molecule has 2 aromatic rings. The first-order chi connectivity index (χ1) is 9.02. The van der Waals surface area contributed by atoms with Crippen LogP contribution in [0.3, 0.4) is 0 Å². The number of hydrogen-bond donors (Lipinski definition) is 1. The molecule has 0 aliphatic carbocycles. The van der Waals surface area contributed by atoms with Crippen LogP contribution in [-0.4, -0.2) is 35.3 Å². The number of hydrogen-bond acceptors (Lipinski definition) is 5. The molecule has 0 unspecified atom stereocenters. The van der Waals surface area contributed by atoms with Crippen LogP contribution in [0, 0.1) is 10.1 Å². The zero-order valence-corrected chi connectivity index (χ0v) is 10.1. The molecule has 0 saturated carbocycles. The van der Waals surface area contributed by atoms with Crippen LogP contribution in [0.25, 0.3) is 0 Å². The quantitative estimate of drug-likeness (QED) is 0.630. The Hall–Kier alpha value is -2.71. The Morgan fingerprint density at radius 3 is 2.84 bits per heavy atom. The summed E-state index contributed by atoms with van der Waals surface area (Å²) in [5.41, 5.74) is -0.292. The zero-order chi connectivity index (χ0) is 14.0. The Morgan fingerprint density at radius 1 is 1.58 bits per heavy atom. The van der Waals surface area contributed by atoms with Gasteiger partial charge in [0.1, 0.15) is 6.20 Å². The first-order valence-electron chi connectivity index (χ1n) is 5.47. The molecule has 0 fully saturated rings. The van der Waals surface area contributed by atoms with E-state index >= 15 is 0 Å². The summed E-state index contributed by atoms with van der Waals surface area (Å²) in [5, 5.41) is 23.3. The third-order valence-electron chi connectivity index (χ3n) is 2.60. The zero-order valence-electron chi connectivity index (χ0n) is 10.1. The lowest BCUT2D eigenvalue weighted by atomic mass is 10.4. The van der Waals surface area contributed by atoms with E-state index in [0.717, 1.165) is 11.9 Å². The summed E-state index contributed by atoms with van der Waals surface area (Å²) < 4.78 is 3.07. The summed E-state index contributed by atoms with van der Waals surface area (Å²) in [4.78, 5) is 24.8. The largest absolute Gasteiger partial charge is 0.476 e. The predicted molar refractivity (Wildman–Crippen MR) is 62.8 cm³/mol. The van der Waals surface area contributed by atoms with E-state index in [4.69, 9.17) is 5.11 Å². The highest BCUT2D eigenvalue weighted by molar-refractivity contribution is 5.89. The minimum atomic E-state index is -1.42. The minimum absolute atomic E-state index is 0.224. The number of carboxylic acids is 1. The van der Waals surface area contributed by atoms with Crippen LogP contribution >= 0.6 is 0 Å². The molecular formula is C10H11N5O4. The molecule has 0 aromatic carbocycles. The van der Waals surface area contributed by atoms with Crippen molar-refractivity contribution in [1.29, 1.82) is 0 Å². The van der Waals surface area contributed by atoms with Crippen molar-refractivity contribution in [2.24, 2.45) is 0 Å². The lowest BCUT2D eigenvalue weighted by Gasteiger charge is -2.04. The molecule has 0 bridgehead atoms. The van der Waals surface area contributed by atoms with Gasteiger partial charge in [0.2, 0.25) is 5.69 Å². The van der Waals surface area contributed by atoms with Crippen LogP contribution < -0.4 is 0 Å². The smallest absolute Gasteiger partial charge is 0.363 e. The Bertz CT molecular complexity index is 598. The summed E-state index contributed by atoms with van der Waals surface area (Å²) in [6, 6.07) is 0. The predicted octanol–water partition coefficient (Wildman–Crippen LogP) is 0.754. The Labute approximate surface area is 107 Å². The topological polar surface area (TPSA) is 116 Å². The number of rotatable bonds is 5. The summed E-state index contributed by atoms with van der Waals surface area (Å²) >= 11 is 0. The third-order valence-corrected chi connectivity index (χ3v) is 2.60. The van der Waals surface area contributed by atoms with Gasteiger partial charge in [0.05, 0.1) is 29.7 Å². The van der Waals surface area contributed by atoms with Crippen LogP contribution in [-0.2, 0) is 13.1 Å². The number of aromatic nitrogens is 4. The van der Waals surface area contributed by atoms with Crippen molar-refractivity contribution in [3.63, 3.8) is 0 Å². The molecule has 1 N–H and O–H groups in total. The maximum absolute atomic E-state index is 10.9. The van der Waals surface area contributed by atoms with Gasteiger partial charge >= 0.3 is 11.7 Å². The highest BCUT2D eigenvalue weighted by Crippen LogP contribution is 2.17. The first kappa shape index (κ1) is 12.7. The summed E-state index contributed by atoms with van der Waals surface area (Å²) in [6.45, 7) is 2.85. The van der Waals surface area contributed by atoms with Crippen molar-refractivity contribution in [2.75, 3.05) is 0 Å². The molecule has 19 heavy (non-hydrogen) atoms. The van der Waals surface area contributed by atoms with Crippen LogP contribution in [0.1, 0.15) is 23.1 Å². The Morgan fingerprint density at radius 2 is 2.32 bits per heavy atom. The summed E-state index contributed by atoms with van der Waals surface area (Å²) in [7, 11) is 0. The number of carbonyl (C=O) groups is 1. The maximum Gasteiger partial charge on any atom is 0.363 e. The van der Waals surface area contributed by atoms with E-state index < -0.39 is 22.3 Å². The van der Waals surface area contributed by atoms with E-state index in [1.54, 1.807) is 12.5 Å². The van der Waals surface area contributed by atoms with Gasteiger partial charge < -0.3 is 9.67 Å². The van der Waals surface area contributed by atoms with Crippen LogP contribution in [0.2, 0.25) is 0 Å².